The molecule has 2 N–H and O–H groups in total. The molecule has 246 valence electrons. The third kappa shape index (κ3) is 8.11. The van der Waals surface area contributed by atoms with Crippen LogP contribution in [0.3, 0.4) is 0 Å². The molecule has 0 aliphatic carbocycles. The summed E-state index contributed by atoms with van der Waals surface area (Å²) in [6.45, 7) is 0. The van der Waals surface area contributed by atoms with Gasteiger partial charge in [0.25, 0.3) is 5.91 Å². The quantitative estimate of drug-likeness (QED) is 0.194. The highest BCUT2D eigenvalue weighted by molar-refractivity contribution is 5.98. The van der Waals surface area contributed by atoms with E-state index in [4.69, 9.17) is 0 Å². The first-order valence-corrected chi connectivity index (χ1v) is 14.9. The number of halogens is 6. The molecule has 0 spiro atoms. The van der Waals surface area contributed by atoms with Crippen molar-refractivity contribution >= 4 is 34.2 Å². The number of aryl methyl sites for hydroxylation is 1. The summed E-state index contributed by atoms with van der Waals surface area (Å²) >= 11 is 0. The van der Waals surface area contributed by atoms with E-state index >= 15 is 0 Å². The molecule has 2 unspecified atom stereocenters. The Bertz CT molecular complexity index is 1770. The van der Waals surface area contributed by atoms with Crippen molar-refractivity contribution in [3.63, 3.8) is 0 Å². The fraction of sp³-hybridized carbons (Fsp3) is 0.286. The van der Waals surface area contributed by atoms with E-state index in [-0.39, 0.29) is 31.2 Å². The van der Waals surface area contributed by atoms with Gasteiger partial charge in [-0.25, -0.2) is 0 Å². The number of alkyl halides is 6. The van der Waals surface area contributed by atoms with Crippen LogP contribution in [-0.4, -0.2) is 41.8 Å². The van der Waals surface area contributed by atoms with Crippen molar-refractivity contribution in [2.45, 2.75) is 56.5 Å². The molecule has 3 amide bonds. The maximum atomic E-state index is 13.5. The Kier molecular flexibility index (Phi) is 9.60. The van der Waals surface area contributed by atoms with Crippen LogP contribution in [0.2, 0.25) is 0 Å². The van der Waals surface area contributed by atoms with Gasteiger partial charge >= 0.3 is 12.4 Å². The Labute approximate surface area is 266 Å². The van der Waals surface area contributed by atoms with Crippen LogP contribution in [0.5, 0.6) is 0 Å². The second kappa shape index (κ2) is 13.5. The van der Waals surface area contributed by atoms with Gasteiger partial charge in [-0.3, -0.25) is 14.4 Å². The fourth-order valence-corrected chi connectivity index (χ4v) is 5.73. The van der Waals surface area contributed by atoms with Gasteiger partial charge in [-0.05, 0) is 71.8 Å². The van der Waals surface area contributed by atoms with Crippen LogP contribution < -0.4 is 10.6 Å². The lowest BCUT2D eigenvalue weighted by molar-refractivity contribution is -0.143. The average molecular weight is 656 g/mol. The SMILES string of the molecule is CN(C(=O)c1cc(C(F)(F)F)cc(C(F)(F)F)c1)C(CCC(=O)NC1CCc2ccccc2NC1=O)Cc1ccc2ccccc2c1. The van der Waals surface area contributed by atoms with E-state index in [2.05, 4.69) is 10.6 Å². The molecule has 1 aliphatic rings. The van der Waals surface area contributed by atoms with Crippen LogP contribution in [0.15, 0.2) is 84.9 Å². The number of para-hydroxylation sites is 1. The largest absolute Gasteiger partial charge is 0.416 e. The second-order valence-corrected chi connectivity index (χ2v) is 11.6. The molecule has 0 radical (unpaired) electrons. The molecule has 0 aromatic heterocycles. The molecule has 12 heteroatoms. The van der Waals surface area contributed by atoms with Gasteiger partial charge < -0.3 is 15.5 Å². The highest BCUT2D eigenvalue weighted by atomic mass is 19.4. The van der Waals surface area contributed by atoms with E-state index in [1.165, 1.54) is 7.05 Å². The predicted octanol–water partition coefficient (Wildman–Crippen LogP) is 7.41. The molecule has 4 aromatic carbocycles. The van der Waals surface area contributed by atoms with Crippen molar-refractivity contribution in [2.24, 2.45) is 0 Å². The third-order valence-electron chi connectivity index (χ3n) is 8.32. The molecule has 4 aromatic rings. The summed E-state index contributed by atoms with van der Waals surface area (Å²) < 4.78 is 81.2. The number of rotatable bonds is 8. The van der Waals surface area contributed by atoms with E-state index in [0.29, 0.717) is 30.7 Å². The molecule has 1 aliphatic heterocycles. The van der Waals surface area contributed by atoms with Gasteiger partial charge in [-0.2, -0.15) is 26.3 Å². The molecule has 0 bridgehead atoms. The van der Waals surface area contributed by atoms with Crippen molar-refractivity contribution in [2.75, 3.05) is 12.4 Å². The number of amides is 3. The standard InChI is InChI=1S/C35H31F6N3O3/c1-44(33(47)25-18-26(34(36,37)38)20-27(19-25)35(39,40)41)28(17-21-10-11-22-6-2-3-8-24(22)16-21)13-15-31(45)42-30-14-12-23-7-4-5-9-29(23)43-32(30)46/h2-11,16,18-20,28,30H,12-15,17H2,1H3,(H,42,45)(H,43,46). The third-order valence-corrected chi connectivity index (χ3v) is 8.32. The summed E-state index contributed by atoms with van der Waals surface area (Å²) in [5.41, 5.74) is -1.65. The number of anilines is 1. The van der Waals surface area contributed by atoms with E-state index in [1.54, 1.807) is 12.1 Å². The highest BCUT2D eigenvalue weighted by Gasteiger charge is 2.38. The molecule has 5 rings (SSSR count). The number of hydrogen-bond acceptors (Lipinski definition) is 3. The molecule has 2 atom stereocenters. The Balaban J connectivity index is 1.37. The van der Waals surface area contributed by atoms with Crippen LogP contribution in [0.1, 0.15) is 51.9 Å². The monoisotopic (exact) mass is 655 g/mol. The molecule has 0 fully saturated rings. The van der Waals surface area contributed by atoms with Gasteiger partial charge in [0.15, 0.2) is 0 Å². The molecule has 1 heterocycles. The van der Waals surface area contributed by atoms with Crippen molar-refractivity contribution < 1.29 is 40.7 Å². The number of nitrogens with zero attached hydrogens (tertiary/aromatic N) is 1. The van der Waals surface area contributed by atoms with Crippen molar-refractivity contribution in [3.8, 4) is 0 Å². The van der Waals surface area contributed by atoms with Crippen molar-refractivity contribution in [1.29, 1.82) is 0 Å². The topological polar surface area (TPSA) is 78.5 Å². The Morgan fingerprint density at radius 1 is 0.872 bits per heavy atom. The lowest BCUT2D eigenvalue weighted by Crippen LogP contribution is -2.44. The van der Waals surface area contributed by atoms with Gasteiger partial charge in [0.1, 0.15) is 6.04 Å². The number of nitrogens with one attached hydrogen (secondary N) is 2. The lowest BCUT2D eigenvalue weighted by Gasteiger charge is -2.29. The first-order valence-electron chi connectivity index (χ1n) is 14.9. The summed E-state index contributed by atoms with van der Waals surface area (Å²) in [5.74, 6) is -1.93. The number of hydrogen-bond donors (Lipinski definition) is 2. The first kappa shape index (κ1) is 33.5. The Hall–Kier alpha value is -4.87. The van der Waals surface area contributed by atoms with Gasteiger partial charge in [0, 0.05) is 30.8 Å². The minimum atomic E-state index is -5.12. The number of likely N-dealkylation sites (N-methyl/N-ethyl adjacent to an activating group) is 1. The first-order chi connectivity index (χ1) is 22.2. The Morgan fingerprint density at radius 2 is 1.51 bits per heavy atom. The van der Waals surface area contributed by atoms with Crippen LogP contribution in [0, 0.1) is 0 Å². The maximum absolute atomic E-state index is 13.5. The average Bonchev–Trinajstić information content (AvgIpc) is 3.19. The van der Waals surface area contributed by atoms with E-state index in [9.17, 15) is 40.7 Å². The van der Waals surface area contributed by atoms with Gasteiger partial charge in [-0.15, -0.1) is 0 Å². The van der Waals surface area contributed by atoms with Crippen LogP contribution >= 0.6 is 0 Å². The van der Waals surface area contributed by atoms with E-state index < -0.39 is 52.9 Å². The normalized spacial score (nSPS) is 15.7. The lowest BCUT2D eigenvalue weighted by atomic mass is 9.96. The number of benzene rings is 4. The smallest absolute Gasteiger partial charge is 0.344 e. The molecule has 0 saturated heterocycles. The summed E-state index contributed by atoms with van der Waals surface area (Å²) in [7, 11) is 1.29. The van der Waals surface area contributed by atoms with E-state index in [0.717, 1.165) is 26.8 Å². The minimum Gasteiger partial charge on any atom is -0.344 e. The highest BCUT2D eigenvalue weighted by Crippen LogP contribution is 2.37. The molecule has 47 heavy (non-hydrogen) atoms. The summed E-state index contributed by atoms with van der Waals surface area (Å²) in [5, 5.41) is 7.38. The van der Waals surface area contributed by atoms with Crippen molar-refractivity contribution in [1.82, 2.24) is 10.2 Å². The van der Waals surface area contributed by atoms with Gasteiger partial charge in [0.2, 0.25) is 11.8 Å². The molecule has 0 saturated carbocycles. The summed E-state index contributed by atoms with van der Waals surface area (Å²) in [4.78, 5) is 40.5. The van der Waals surface area contributed by atoms with Crippen LogP contribution in [0.4, 0.5) is 32.0 Å². The molecule has 6 nitrogen and oxygen atoms in total. The van der Waals surface area contributed by atoms with Gasteiger partial charge in [0.05, 0.1) is 11.1 Å². The number of fused-ring (bicyclic) bond motifs is 2. The predicted molar refractivity (Wildman–Crippen MR) is 165 cm³/mol. The zero-order valence-electron chi connectivity index (χ0n) is 25.2. The van der Waals surface area contributed by atoms with Crippen LogP contribution in [0.25, 0.3) is 10.8 Å². The number of carbonyl (C=O) groups excluding carboxylic acids is 3. The molecular weight excluding hydrogens is 624 g/mol. The van der Waals surface area contributed by atoms with Gasteiger partial charge in [-0.1, -0.05) is 60.7 Å². The van der Waals surface area contributed by atoms with Crippen molar-refractivity contribution in [3.05, 3.63) is 113 Å². The summed E-state index contributed by atoms with van der Waals surface area (Å²) in [6.07, 6.45) is -9.34. The maximum Gasteiger partial charge on any atom is 0.416 e. The fourth-order valence-electron chi connectivity index (χ4n) is 5.73. The number of carbonyl (C=O) groups is 3. The molecular formula is C35H31F6N3O3. The van der Waals surface area contributed by atoms with Crippen LogP contribution in [-0.2, 0) is 34.8 Å². The summed E-state index contributed by atoms with van der Waals surface area (Å²) in [6, 6.07) is 19.5. The zero-order valence-corrected chi connectivity index (χ0v) is 25.2. The second-order valence-electron chi connectivity index (χ2n) is 11.6. The zero-order chi connectivity index (χ0) is 33.9. The Morgan fingerprint density at radius 3 is 2.19 bits per heavy atom. The minimum absolute atomic E-state index is 0.0144. The van der Waals surface area contributed by atoms with E-state index in [1.807, 2.05) is 54.6 Å².